The van der Waals surface area contributed by atoms with E-state index in [1.165, 1.54) is 5.69 Å². The number of aryl methyl sites for hydroxylation is 2. The van der Waals surface area contributed by atoms with Crippen LogP contribution in [0.5, 0.6) is 0 Å². The van der Waals surface area contributed by atoms with Crippen molar-refractivity contribution < 1.29 is 4.79 Å². The van der Waals surface area contributed by atoms with Crippen LogP contribution >= 0.6 is 0 Å². The van der Waals surface area contributed by atoms with E-state index >= 15 is 0 Å². The van der Waals surface area contributed by atoms with Crippen LogP contribution in [0.15, 0.2) is 24.3 Å². The zero-order valence-electron chi connectivity index (χ0n) is 9.37. The van der Waals surface area contributed by atoms with E-state index in [1.807, 2.05) is 12.1 Å². The molecule has 0 radical (unpaired) electrons. The Morgan fingerprint density at radius 2 is 2.13 bits per heavy atom. The average molecular weight is 201 g/mol. The molecule has 0 amide bonds. The van der Waals surface area contributed by atoms with Gasteiger partial charge < -0.3 is 4.57 Å². The summed E-state index contributed by atoms with van der Waals surface area (Å²) in [5.41, 5.74) is 3.19. The predicted octanol–water partition coefficient (Wildman–Crippen LogP) is 3.17. The number of carbonyl (C=O) groups excluding carboxylic acids is 1. The molecule has 1 heterocycles. The maximum atomic E-state index is 11.5. The van der Waals surface area contributed by atoms with Crippen LogP contribution in [-0.4, -0.2) is 10.4 Å². The first kappa shape index (κ1) is 9.97. The van der Waals surface area contributed by atoms with Crippen molar-refractivity contribution in [1.29, 1.82) is 0 Å². The molecule has 1 aromatic heterocycles. The monoisotopic (exact) mass is 201 g/mol. The molecule has 0 bridgehead atoms. The second kappa shape index (κ2) is 3.54. The third kappa shape index (κ3) is 1.46. The number of fused-ring (bicyclic) bond motifs is 1. The molecule has 0 saturated heterocycles. The first-order valence-corrected chi connectivity index (χ1v) is 5.25. The summed E-state index contributed by atoms with van der Waals surface area (Å²) in [6.07, 6.45) is 0. The fourth-order valence-electron chi connectivity index (χ4n) is 2.14. The van der Waals surface area contributed by atoms with E-state index in [-0.39, 0.29) is 5.78 Å². The third-order valence-electron chi connectivity index (χ3n) is 2.85. The Balaban J connectivity index is 2.83. The highest BCUT2D eigenvalue weighted by Crippen LogP contribution is 2.23. The SMILES string of the molecule is CCn1c(C)cc2c(C(C)=O)cccc21. The summed E-state index contributed by atoms with van der Waals surface area (Å²) >= 11 is 0. The average Bonchev–Trinajstić information content (AvgIpc) is 2.52. The Morgan fingerprint density at radius 1 is 1.40 bits per heavy atom. The van der Waals surface area contributed by atoms with Crippen molar-refractivity contribution in [1.82, 2.24) is 4.57 Å². The Kier molecular flexibility index (Phi) is 2.35. The Hall–Kier alpha value is -1.57. The van der Waals surface area contributed by atoms with E-state index in [9.17, 15) is 4.79 Å². The molecule has 0 spiro atoms. The predicted molar refractivity (Wildman–Crippen MR) is 62.4 cm³/mol. The molecule has 0 aliphatic heterocycles. The molecule has 0 N–H and O–H groups in total. The second-order valence-corrected chi connectivity index (χ2v) is 3.82. The summed E-state index contributed by atoms with van der Waals surface area (Å²) in [4.78, 5) is 11.5. The summed E-state index contributed by atoms with van der Waals surface area (Å²) in [5, 5.41) is 1.07. The normalized spacial score (nSPS) is 10.9. The molecule has 78 valence electrons. The van der Waals surface area contributed by atoms with E-state index in [1.54, 1.807) is 6.92 Å². The zero-order valence-corrected chi connectivity index (χ0v) is 9.37. The lowest BCUT2D eigenvalue weighted by atomic mass is 10.1. The topological polar surface area (TPSA) is 22.0 Å². The van der Waals surface area contributed by atoms with Gasteiger partial charge in [0, 0.05) is 28.7 Å². The number of hydrogen-bond acceptors (Lipinski definition) is 1. The van der Waals surface area contributed by atoms with Gasteiger partial charge in [0.15, 0.2) is 5.78 Å². The van der Waals surface area contributed by atoms with Crippen molar-refractivity contribution in [2.75, 3.05) is 0 Å². The molecular formula is C13H15NO. The fraction of sp³-hybridized carbons (Fsp3) is 0.308. The highest BCUT2D eigenvalue weighted by molar-refractivity contribution is 6.06. The van der Waals surface area contributed by atoms with Crippen molar-refractivity contribution >= 4 is 16.7 Å². The van der Waals surface area contributed by atoms with Crippen LogP contribution in [0.1, 0.15) is 29.9 Å². The van der Waals surface area contributed by atoms with Crippen molar-refractivity contribution in [3.63, 3.8) is 0 Å². The van der Waals surface area contributed by atoms with Crippen LogP contribution < -0.4 is 0 Å². The third-order valence-corrected chi connectivity index (χ3v) is 2.85. The molecule has 15 heavy (non-hydrogen) atoms. The van der Waals surface area contributed by atoms with E-state index in [0.717, 1.165) is 23.0 Å². The number of benzene rings is 1. The summed E-state index contributed by atoms with van der Waals surface area (Å²) in [7, 11) is 0. The van der Waals surface area contributed by atoms with E-state index < -0.39 is 0 Å². The van der Waals surface area contributed by atoms with Gasteiger partial charge in [0.25, 0.3) is 0 Å². The minimum atomic E-state index is 0.133. The highest BCUT2D eigenvalue weighted by Gasteiger charge is 2.09. The molecule has 2 aromatic rings. The van der Waals surface area contributed by atoms with Crippen molar-refractivity contribution in [2.24, 2.45) is 0 Å². The van der Waals surface area contributed by atoms with E-state index in [0.29, 0.717) is 0 Å². The fourth-order valence-corrected chi connectivity index (χ4v) is 2.14. The van der Waals surface area contributed by atoms with Crippen molar-refractivity contribution in [3.8, 4) is 0 Å². The molecule has 0 fully saturated rings. The van der Waals surface area contributed by atoms with E-state index in [2.05, 4.69) is 30.5 Å². The van der Waals surface area contributed by atoms with Gasteiger partial charge in [-0.15, -0.1) is 0 Å². The van der Waals surface area contributed by atoms with Crippen LogP contribution in [0.3, 0.4) is 0 Å². The zero-order chi connectivity index (χ0) is 11.0. The lowest BCUT2D eigenvalue weighted by Gasteiger charge is -2.04. The van der Waals surface area contributed by atoms with E-state index in [4.69, 9.17) is 0 Å². The summed E-state index contributed by atoms with van der Waals surface area (Å²) < 4.78 is 2.22. The molecule has 0 atom stereocenters. The Morgan fingerprint density at radius 3 is 2.73 bits per heavy atom. The van der Waals surface area contributed by atoms with Crippen LogP contribution in [-0.2, 0) is 6.54 Å². The minimum absolute atomic E-state index is 0.133. The van der Waals surface area contributed by atoms with Gasteiger partial charge in [-0.25, -0.2) is 0 Å². The minimum Gasteiger partial charge on any atom is -0.345 e. The smallest absolute Gasteiger partial charge is 0.160 e. The van der Waals surface area contributed by atoms with Gasteiger partial charge in [0.1, 0.15) is 0 Å². The van der Waals surface area contributed by atoms with Crippen LogP contribution in [0.25, 0.3) is 10.9 Å². The molecule has 2 nitrogen and oxygen atoms in total. The molecular weight excluding hydrogens is 186 g/mol. The van der Waals surface area contributed by atoms with Gasteiger partial charge in [-0.1, -0.05) is 12.1 Å². The molecule has 0 unspecified atom stereocenters. The van der Waals surface area contributed by atoms with Crippen molar-refractivity contribution in [2.45, 2.75) is 27.3 Å². The lowest BCUT2D eigenvalue weighted by molar-refractivity contribution is 0.101. The number of Topliss-reactive ketones (excluding diaryl/α,β-unsaturated/α-hetero) is 1. The first-order chi connectivity index (χ1) is 7.15. The van der Waals surface area contributed by atoms with Crippen LogP contribution in [0.4, 0.5) is 0 Å². The highest BCUT2D eigenvalue weighted by atomic mass is 16.1. The van der Waals surface area contributed by atoms with Gasteiger partial charge in [0.05, 0.1) is 0 Å². The van der Waals surface area contributed by atoms with Gasteiger partial charge in [-0.2, -0.15) is 0 Å². The number of ketones is 1. The number of aromatic nitrogens is 1. The second-order valence-electron chi connectivity index (χ2n) is 3.82. The van der Waals surface area contributed by atoms with Crippen LogP contribution in [0, 0.1) is 6.92 Å². The first-order valence-electron chi connectivity index (χ1n) is 5.25. The quantitative estimate of drug-likeness (QED) is 0.684. The molecule has 0 aliphatic carbocycles. The molecule has 0 saturated carbocycles. The van der Waals surface area contributed by atoms with Crippen molar-refractivity contribution in [3.05, 3.63) is 35.5 Å². The maximum Gasteiger partial charge on any atom is 0.160 e. The van der Waals surface area contributed by atoms with Gasteiger partial charge in [-0.05, 0) is 32.9 Å². The molecule has 2 rings (SSSR count). The summed E-state index contributed by atoms with van der Waals surface area (Å²) in [5.74, 6) is 0.133. The van der Waals surface area contributed by atoms with Gasteiger partial charge >= 0.3 is 0 Å². The molecule has 1 aromatic carbocycles. The Labute approximate surface area is 89.5 Å². The largest absolute Gasteiger partial charge is 0.345 e. The summed E-state index contributed by atoms with van der Waals surface area (Å²) in [6.45, 7) is 6.75. The number of rotatable bonds is 2. The van der Waals surface area contributed by atoms with Gasteiger partial charge in [-0.3, -0.25) is 4.79 Å². The van der Waals surface area contributed by atoms with Gasteiger partial charge in [0.2, 0.25) is 0 Å². The molecule has 2 heteroatoms. The maximum absolute atomic E-state index is 11.5. The number of hydrogen-bond donors (Lipinski definition) is 0. The standard InChI is InChI=1S/C13H15NO/c1-4-14-9(2)8-12-11(10(3)15)6-5-7-13(12)14/h5-8H,4H2,1-3H3. The lowest BCUT2D eigenvalue weighted by Crippen LogP contribution is -1.96. The number of nitrogens with zero attached hydrogens (tertiary/aromatic N) is 1. The number of carbonyl (C=O) groups is 1. The summed E-state index contributed by atoms with van der Waals surface area (Å²) in [6, 6.07) is 8.00. The molecule has 0 aliphatic rings. The Bertz CT molecular complexity index is 523. The van der Waals surface area contributed by atoms with Crippen LogP contribution in [0.2, 0.25) is 0 Å².